The van der Waals surface area contributed by atoms with Crippen LogP contribution in [0.2, 0.25) is 0 Å². The van der Waals surface area contributed by atoms with E-state index in [-0.39, 0.29) is 31.1 Å². The van der Waals surface area contributed by atoms with Crippen molar-refractivity contribution in [1.29, 1.82) is 0 Å². The summed E-state index contributed by atoms with van der Waals surface area (Å²) in [6.07, 6.45) is 56.7. The molecule has 0 aromatic carbocycles. The van der Waals surface area contributed by atoms with Crippen molar-refractivity contribution in [3.63, 3.8) is 0 Å². The van der Waals surface area contributed by atoms with E-state index in [0.717, 1.165) is 75.5 Å². The predicted octanol–water partition coefficient (Wildman–Crippen LogP) is 20.3. The smallest absolute Gasteiger partial charge is 0.306 e. The normalized spacial score (nSPS) is 12.1. The number of carbonyl (C=O) groups excluding carboxylic acids is 3. The van der Waals surface area contributed by atoms with Gasteiger partial charge < -0.3 is 14.2 Å². The van der Waals surface area contributed by atoms with E-state index < -0.39 is 6.10 Å². The Balaban J connectivity index is 4.29. The molecule has 0 unspecified atom stereocenters. The SMILES string of the molecule is CC(C)CCCCCCCCCCCCCCCCCC(=O)OC[C@H](COC(=O)CCCCCCCCCCCCCCCCC(C)C)OC(=O)CCCCCCCCCCCCCCC(C)C. The molecule has 6 heteroatoms. The number of hydrogen-bond donors (Lipinski definition) is 0. The van der Waals surface area contributed by atoms with Crippen LogP contribution in [0.15, 0.2) is 0 Å². The monoisotopic (exact) mass is 961 g/mol. The minimum atomic E-state index is -0.764. The summed E-state index contributed by atoms with van der Waals surface area (Å²) in [7, 11) is 0. The van der Waals surface area contributed by atoms with Crippen LogP contribution in [0, 0.1) is 17.8 Å². The van der Waals surface area contributed by atoms with Crippen LogP contribution >= 0.6 is 0 Å². The highest BCUT2D eigenvalue weighted by molar-refractivity contribution is 5.71. The third-order valence-electron chi connectivity index (χ3n) is 14.1. The molecule has 0 bridgehead atoms. The molecule has 0 aliphatic carbocycles. The lowest BCUT2D eigenvalue weighted by Gasteiger charge is -2.18. The molecule has 1 atom stereocenters. The Labute approximate surface area is 425 Å². The topological polar surface area (TPSA) is 78.9 Å². The third kappa shape index (κ3) is 55.3. The van der Waals surface area contributed by atoms with Crippen molar-refractivity contribution in [2.24, 2.45) is 17.8 Å². The lowest BCUT2D eigenvalue weighted by atomic mass is 10.0. The van der Waals surface area contributed by atoms with E-state index in [0.29, 0.717) is 19.3 Å². The Kier molecular flexibility index (Phi) is 52.0. The van der Waals surface area contributed by atoms with Crippen molar-refractivity contribution in [1.82, 2.24) is 0 Å². The van der Waals surface area contributed by atoms with E-state index >= 15 is 0 Å². The highest BCUT2D eigenvalue weighted by atomic mass is 16.6. The predicted molar refractivity (Wildman–Crippen MR) is 293 cm³/mol. The van der Waals surface area contributed by atoms with Gasteiger partial charge in [0.15, 0.2) is 6.10 Å². The first-order chi connectivity index (χ1) is 33.1. The zero-order valence-corrected chi connectivity index (χ0v) is 46.9. The number of carbonyl (C=O) groups is 3. The molecule has 68 heavy (non-hydrogen) atoms. The fourth-order valence-electron chi connectivity index (χ4n) is 9.53. The maximum atomic E-state index is 12.9. The second-order valence-electron chi connectivity index (χ2n) is 22.8. The van der Waals surface area contributed by atoms with E-state index in [9.17, 15) is 14.4 Å². The van der Waals surface area contributed by atoms with E-state index in [1.165, 1.54) is 225 Å². The molecule has 0 N–H and O–H groups in total. The average molecular weight is 962 g/mol. The maximum absolute atomic E-state index is 12.9. The molecule has 0 aliphatic rings. The molecule has 0 saturated carbocycles. The van der Waals surface area contributed by atoms with Crippen LogP contribution in [-0.2, 0) is 28.6 Å². The van der Waals surface area contributed by atoms with Gasteiger partial charge in [0.2, 0.25) is 0 Å². The Hall–Kier alpha value is -1.59. The van der Waals surface area contributed by atoms with Crippen LogP contribution in [0.1, 0.15) is 343 Å². The Morgan fingerprint density at radius 2 is 0.426 bits per heavy atom. The van der Waals surface area contributed by atoms with Gasteiger partial charge in [0.25, 0.3) is 0 Å². The third-order valence-corrected chi connectivity index (χ3v) is 14.1. The summed E-state index contributed by atoms with van der Waals surface area (Å²) in [4.78, 5) is 38.2. The lowest BCUT2D eigenvalue weighted by molar-refractivity contribution is -0.167. The molecule has 0 aromatic heterocycles. The van der Waals surface area contributed by atoms with Crippen molar-refractivity contribution < 1.29 is 28.6 Å². The Bertz CT molecular complexity index is 1050. The van der Waals surface area contributed by atoms with Crippen LogP contribution in [0.3, 0.4) is 0 Å². The summed E-state index contributed by atoms with van der Waals surface area (Å²) >= 11 is 0. The van der Waals surface area contributed by atoms with E-state index in [2.05, 4.69) is 41.5 Å². The van der Waals surface area contributed by atoms with Gasteiger partial charge in [-0.3, -0.25) is 14.4 Å². The second-order valence-corrected chi connectivity index (χ2v) is 22.8. The fourth-order valence-corrected chi connectivity index (χ4v) is 9.53. The first-order valence-corrected chi connectivity index (χ1v) is 30.6. The molecule has 0 heterocycles. The van der Waals surface area contributed by atoms with E-state index in [4.69, 9.17) is 14.2 Å². The highest BCUT2D eigenvalue weighted by Crippen LogP contribution is 2.19. The molecule has 0 radical (unpaired) electrons. The van der Waals surface area contributed by atoms with Crippen LogP contribution in [-0.4, -0.2) is 37.2 Å². The molecule has 6 nitrogen and oxygen atoms in total. The summed E-state index contributed by atoms with van der Waals surface area (Å²) in [5.41, 5.74) is 0. The number of unbranched alkanes of at least 4 members (excludes halogenated alkanes) is 38. The molecule has 0 rings (SSSR count). The van der Waals surface area contributed by atoms with Crippen LogP contribution in [0.5, 0.6) is 0 Å². The van der Waals surface area contributed by atoms with Gasteiger partial charge in [0, 0.05) is 19.3 Å². The lowest BCUT2D eigenvalue weighted by Crippen LogP contribution is -2.30. The van der Waals surface area contributed by atoms with E-state index in [1.54, 1.807) is 0 Å². The molecule has 404 valence electrons. The molecule has 0 saturated heterocycles. The number of hydrogen-bond acceptors (Lipinski definition) is 6. The van der Waals surface area contributed by atoms with Gasteiger partial charge in [-0.15, -0.1) is 0 Å². The summed E-state index contributed by atoms with van der Waals surface area (Å²) in [6, 6.07) is 0. The zero-order valence-electron chi connectivity index (χ0n) is 46.9. The molecule has 0 aliphatic heterocycles. The number of rotatable bonds is 55. The Morgan fingerprint density at radius 3 is 0.632 bits per heavy atom. The summed E-state index contributed by atoms with van der Waals surface area (Å²) in [6.45, 7) is 13.8. The van der Waals surface area contributed by atoms with Crippen molar-refractivity contribution in [2.45, 2.75) is 349 Å². The average Bonchev–Trinajstić information content (AvgIpc) is 3.30. The van der Waals surface area contributed by atoms with Crippen molar-refractivity contribution in [2.75, 3.05) is 13.2 Å². The Morgan fingerprint density at radius 1 is 0.250 bits per heavy atom. The van der Waals surface area contributed by atoms with Gasteiger partial charge >= 0.3 is 17.9 Å². The van der Waals surface area contributed by atoms with Gasteiger partial charge in [-0.2, -0.15) is 0 Å². The molecule has 0 aromatic rings. The zero-order chi connectivity index (χ0) is 49.8. The van der Waals surface area contributed by atoms with Gasteiger partial charge in [-0.05, 0) is 37.0 Å². The quantitative estimate of drug-likeness (QED) is 0.0343. The number of ether oxygens (including phenoxy) is 3. The minimum Gasteiger partial charge on any atom is -0.462 e. The summed E-state index contributed by atoms with van der Waals surface area (Å²) in [5, 5.41) is 0. The standard InChI is InChI=1S/C62H120O6/c1-56(2)48-42-36-30-24-18-12-8-7-9-14-21-27-33-39-45-51-60(63)66-54-59(68-62(65)53-47-41-35-29-23-17-16-20-26-32-38-44-50-58(5)6)55-67-61(64)52-46-40-34-28-22-15-11-10-13-19-25-31-37-43-49-57(3)4/h56-59H,7-55H2,1-6H3/t59-/m1/s1. The number of esters is 3. The second kappa shape index (κ2) is 53.2. The first kappa shape index (κ1) is 66.4. The minimum absolute atomic E-state index is 0.0630. The largest absolute Gasteiger partial charge is 0.462 e. The van der Waals surface area contributed by atoms with Crippen LogP contribution in [0.25, 0.3) is 0 Å². The van der Waals surface area contributed by atoms with Crippen molar-refractivity contribution in [3.05, 3.63) is 0 Å². The highest BCUT2D eigenvalue weighted by Gasteiger charge is 2.19. The molecule has 0 fully saturated rings. The van der Waals surface area contributed by atoms with Gasteiger partial charge in [-0.25, -0.2) is 0 Å². The fraction of sp³-hybridized carbons (Fsp3) is 0.952. The summed E-state index contributed by atoms with van der Waals surface area (Å²) in [5.74, 6) is 1.69. The van der Waals surface area contributed by atoms with Crippen molar-refractivity contribution in [3.8, 4) is 0 Å². The van der Waals surface area contributed by atoms with Gasteiger partial charge in [-0.1, -0.05) is 305 Å². The maximum Gasteiger partial charge on any atom is 0.306 e. The van der Waals surface area contributed by atoms with Gasteiger partial charge in [0.1, 0.15) is 13.2 Å². The molecular weight excluding hydrogens is 841 g/mol. The first-order valence-electron chi connectivity index (χ1n) is 30.6. The van der Waals surface area contributed by atoms with E-state index in [1.807, 2.05) is 0 Å². The molecule has 0 spiro atoms. The molecule has 0 amide bonds. The van der Waals surface area contributed by atoms with Crippen LogP contribution in [0.4, 0.5) is 0 Å². The summed E-state index contributed by atoms with van der Waals surface area (Å²) < 4.78 is 16.9. The molecular formula is C62H120O6. The van der Waals surface area contributed by atoms with Gasteiger partial charge in [0.05, 0.1) is 0 Å². The van der Waals surface area contributed by atoms with Crippen LogP contribution < -0.4 is 0 Å². The van der Waals surface area contributed by atoms with Crippen molar-refractivity contribution >= 4 is 17.9 Å².